The van der Waals surface area contributed by atoms with Crippen LogP contribution in [0.4, 0.5) is 0 Å². The number of methoxy groups -OCH3 is 1. The van der Waals surface area contributed by atoms with E-state index in [-0.39, 0.29) is 27.7 Å². The van der Waals surface area contributed by atoms with Crippen LogP contribution in [0.2, 0.25) is 36.3 Å². The predicted octanol–water partition coefficient (Wildman–Crippen LogP) is 7.75. The van der Waals surface area contributed by atoms with Crippen LogP contribution in [-0.2, 0) is 52.7 Å². The fraction of sp³-hybridized carbons (Fsp3) is 0.588. The minimum absolute atomic E-state index is 0.0370. The summed E-state index contributed by atoms with van der Waals surface area (Å²) in [5.74, 6) is 7.39. The molecule has 0 bridgehead atoms. The van der Waals surface area contributed by atoms with Crippen LogP contribution in [0.1, 0.15) is 84.1 Å². The van der Waals surface area contributed by atoms with Crippen molar-refractivity contribution in [1.29, 1.82) is 0 Å². The molecular formula is C34H46CrO8Si2. The maximum atomic E-state index is 7.50. The van der Waals surface area contributed by atoms with Crippen LogP contribution in [0, 0.1) is 56.4 Å². The Morgan fingerprint density at radius 1 is 0.800 bits per heavy atom. The van der Waals surface area contributed by atoms with E-state index < -0.39 is 16.6 Å². The zero-order valence-electron chi connectivity index (χ0n) is 28.3. The van der Waals surface area contributed by atoms with Gasteiger partial charge in [-0.15, -0.1) is 0 Å². The Kier molecular flexibility index (Phi) is 22.4. The van der Waals surface area contributed by atoms with Crippen LogP contribution in [0.3, 0.4) is 0 Å². The van der Waals surface area contributed by atoms with Gasteiger partial charge in [0, 0.05) is 0 Å². The SMILES string of the molecule is CO[C](=[Cr])C#C[C@@]12CCC[C@@H]1[C@H](O[Si](C)(C)C(C)(C)C)c1ccccc1[C@@H]2O[Si](C)(C)C(C)(C)C.[C-]#[O+].[C-]#[O+].[C-]#[O+].[C-]#[O+].[C-]#[O+]. The van der Waals surface area contributed by atoms with Gasteiger partial charge in [-0.3, -0.25) is 0 Å². The van der Waals surface area contributed by atoms with Crippen LogP contribution in [0.5, 0.6) is 0 Å². The summed E-state index contributed by atoms with van der Waals surface area (Å²) in [5, 5.41) is 0.250. The van der Waals surface area contributed by atoms with Crippen LogP contribution in [0.25, 0.3) is 0 Å². The first-order chi connectivity index (χ1) is 21.0. The molecule has 0 N–H and O–H groups in total. The third-order valence-corrected chi connectivity index (χ3v) is 18.5. The number of hydrogen-bond acceptors (Lipinski definition) is 3. The van der Waals surface area contributed by atoms with Crippen molar-refractivity contribution in [2.24, 2.45) is 11.3 Å². The van der Waals surface area contributed by atoms with Gasteiger partial charge in [0.2, 0.25) is 0 Å². The molecule has 0 amide bonds. The molecule has 0 unspecified atom stereocenters. The first-order valence-corrected chi connectivity index (χ1v) is 20.5. The van der Waals surface area contributed by atoms with Gasteiger partial charge in [-0.05, 0) is 0 Å². The molecular weight excluding hydrogens is 645 g/mol. The van der Waals surface area contributed by atoms with Gasteiger partial charge in [0.25, 0.3) is 0 Å². The molecule has 0 saturated heterocycles. The molecule has 2 aliphatic carbocycles. The van der Waals surface area contributed by atoms with E-state index in [1.165, 1.54) is 11.1 Å². The number of ether oxygens (including phenoxy) is 1. The summed E-state index contributed by atoms with van der Waals surface area (Å²) in [6, 6.07) is 8.87. The van der Waals surface area contributed by atoms with E-state index in [9.17, 15) is 0 Å². The summed E-state index contributed by atoms with van der Waals surface area (Å²) in [4.78, 5) is 0. The van der Waals surface area contributed by atoms with Gasteiger partial charge in [0.1, 0.15) is 0 Å². The molecule has 11 heteroatoms. The fourth-order valence-corrected chi connectivity index (χ4v) is 7.67. The summed E-state index contributed by atoms with van der Waals surface area (Å²) >= 11 is 2.98. The van der Waals surface area contributed by atoms with Gasteiger partial charge in [0.15, 0.2) is 0 Å². The molecule has 8 nitrogen and oxygen atoms in total. The quantitative estimate of drug-likeness (QED) is 0.136. The third kappa shape index (κ3) is 11.7. The summed E-state index contributed by atoms with van der Waals surface area (Å²) in [7, 11) is -2.42. The first kappa shape index (κ1) is 47.6. The molecule has 0 radical (unpaired) electrons. The number of rotatable bonds is 5. The number of fused-ring (bicyclic) bond motifs is 2. The molecule has 0 heterocycles. The van der Waals surface area contributed by atoms with Crippen LogP contribution in [-0.4, -0.2) is 28.3 Å². The molecule has 2 aliphatic rings. The summed E-state index contributed by atoms with van der Waals surface area (Å²) < 4.78 is 58.2. The Balaban J connectivity index is -0.00000160. The van der Waals surface area contributed by atoms with E-state index in [0.29, 0.717) is 10.5 Å². The Morgan fingerprint density at radius 2 is 1.22 bits per heavy atom. The summed E-state index contributed by atoms with van der Waals surface area (Å²) in [6.45, 7) is 45.9. The van der Waals surface area contributed by atoms with E-state index in [2.05, 4.69) is 153 Å². The van der Waals surface area contributed by atoms with Gasteiger partial charge in [-0.1, -0.05) is 0 Å². The second-order valence-corrected chi connectivity index (χ2v) is 23.6. The monoisotopic (exact) mass is 690 g/mol. The van der Waals surface area contributed by atoms with E-state index >= 15 is 0 Å². The van der Waals surface area contributed by atoms with Gasteiger partial charge in [-0.2, -0.15) is 0 Å². The first-order valence-electron chi connectivity index (χ1n) is 14.0. The Morgan fingerprint density at radius 3 is 1.64 bits per heavy atom. The van der Waals surface area contributed by atoms with E-state index in [1.54, 1.807) is 7.11 Å². The van der Waals surface area contributed by atoms with Crippen molar-refractivity contribution < 1.29 is 52.7 Å². The standard InChI is InChI=1S/C29H46O3Si2.5CO.Cr/c1-27(2,3)33(8,9)31-25-22-16-12-13-17-23(22)26(32-34(10,11)28(4,5)6)29(20-15-21-30-7)19-14-18-24(25)29;5*1-2;/h12-13,16-17,24-26H,14,18-19H2,1-11H3;;;;;;/t24-,25-,26+,29+;;;;;;/m1....../s1. The van der Waals surface area contributed by atoms with Gasteiger partial charge < -0.3 is 0 Å². The van der Waals surface area contributed by atoms with Gasteiger partial charge >= 0.3 is 282 Å². The number of benzene rings is 1. The average Bonchev–Trinajstić information content (AvgIpc) is 3.46. The van der Waals surface area contributed by atoms with Crippen molar-refractivity contribution in [3.05, 3.63) is 68.6 Å². The van der Waals surface area contributed by atoms with E-state index in [1.807, 2.05) is 0 Å². The molecule has 1 aromatic carbocycles. The van der Waals surface area contributed by atoms with Crippen LogP contribution in [0.15, 0.2) is 24.3 Å². The maximum absolute atomic E-state index is 7.50. The number of hydrogen-bond donors (Lipinski definition) is 0. The predicted molar refractivity (Wildman–Crippen MR) is 168 cm³/mol. The van der Waals surface area contributed by atoms with Crippen LogP contribution >= 0.6 is 0 Å². The molecule has 45 heavy (non-hydrogen) atoms. The Labute approximate surface area is 281 Å². The molecule has 4 atom stereocenters. The van der Waals surface area contributed by atoms with Gasteiger partial charge in [0.05, 0.1) is 0 Å². The normalized spacial score (nSPS) is 21.2. The Bertz CT molecular complexity index is 1200. The Hall–Kier alpha value is -1.80. The van der Waals surface area contributed by atoms with Crippen molar-refractivity contribution in [2.45, 2.75) is 109 Å². The molecule has 3 rings (SSSR count). The molecule has 244 valence electrons. The molecule has 1 saturated carbocycles. The minimum atomic E-state index is -2.08. The second kappa shape index (κ2) is 21.1. The second-order valence-electron chi connectivity index (χ2n) is 13.5. The average molecular weight is 691 g/mol. The summed E-state index contributed by atoms with van der Waals surface area (Å²) in [5.41, 5.74) is 2.28. The van der Waals surface area contributed by atoms with Crippen molar-refractivity contribution >= 4 is 21.2 Å². The molecule has 1 aromatic rings. The third-order valence-electron chi connectivity index (χ3n) is 9.21. The fourth-order valence-electron chi connectivity index (χ4n) is 5.03. The van der Waals surface area contributed by atoms with Crippen molar-refractivity contribution in [2.75, 3.05) is 7.11 Å². The van der Waals surface area contributed by atoms with Crippen molar-refractivity contribution in [1.82, 2.24) is 0 Å². The van der Waals surface area contributed by atoms with E-state index in [4.69, 9.17) is 36.8 Å². The molecule has 1 fully saturated rings. The zero-order chi connectivity index (χ0) is 36.4. The molecule has 0 aromatic heterocycles. The molecule has 0 spiro atoms. The van der Waals surface area contributed by atoms with Crippen LogP contribution < -0.4 is 0 Å². The topological polar surface area (TPSA) is 127 Å². The summed E-state index contributed by atoms with van der Waals surface area (Å²) in [6.07, 6.45) is 3.23. The van der Waals surface area contributed by atoms with E-state index in [0.717, 1.165) is 19.3 Å². The van der Waals surface area contributed by atoms with Gasteiger partial charge in [-0.25, -0.2) is 0 Å². The zero-order valence-corrected chi connectivity index (χ0v) is 31.6. The molecule has 0 aliphatic heterocycles. The van der Waals surface area contributed by atoms with Crippen molar-refractivity contribution in [3.63, 3.8) is 0 Å². The van der Waals surface area contributed by atoms with Crippen molar-refractivity contribution in [3.8, 4) is 11.8 Å².